The van der Waals surface area contributed by atoms with E-state index in [9.17, 15) is 21.4 Å². The number of rotatable bonds is 5. The first-order valence-corrected chi connectivity index (χ1v) is 11.5. The van der Waals surface area contributed by atoms with E-state index in [0.29, 0.717) is 22.0 Å². The van der Waals surface area contributed by atoms with Gasteiger partial charge in [0, 0.05) is 10.8 Å². The van der Waals surface area contributed by atoms with Gasteiger partial charge in [-0.2, -0.15) is 13.2 Å². The number of aromatic nitrogens is 3. The van der Waals surface area contributed by atoms with Crippen LogP contribution in [0.4, 0.5) is 0 Å². The van der Waals surface area contributed by atoms with E-state index in [1.165, 1.54) is 35.1 Å². The summed E-state index contributed by atoms with van der Waals surface area (Å²) in [4.78, 5) is 1.05. The third-order valence-corrected chi connectivity index (χ3v) is 7.02. The highest BCUT2D eigenvalue weighted by molar-refractivity contribution is 7.91. The molecular formula is C18H15N3O6S2. The molecule has 0 aliphatic rings. The van der Waals surface area contributed by atoms with Gasteiger partial charge in [-0.15, -0.1) is 10.2 Å². The van der Waals surface area contributed by atoms with Crippen LogP contribution in [0, 0.1) is 0 Å². The van der Waals surface area contributed by atoms with Crippen LogP contribution in [-0.2, 0) is 20.0 Å². The summed E-state index contributed by atoms with van der Waals surface area (Å²) in [5, 5.41) is 18.4. The lowest BCUT2D eigenvalue weighted by molar-refractivity contribution is 0.319. The zero-order chi connectivity index (χ0) is 20.8. The lowest BCUT2D eigenvalue weighted by Crippen LogP contribution is -2.10. The fourth-order valence-electron chi connectivity index (χ4n) is 3.07. The number of hydrogen-bond acceptors (Lipinski definition) is 7. The van der Waals surface area contributed by atoms with Crippen LogP contribution >= 0.6 is 0 Å². The minimum Gasteiger partial charge on any atom is -0.395 e. The van der Waals surface area contributed by atoms with Crippen molar-refractivity contribution in [2.45, 2.75) is 9.79 Å². The Balaban J connectivity index is 1.88. The Morgan fingerprint density at radius 1 is 0.897 bits per heavy atom. The van der Waals surface area contributed by atoms with Gasteiger partial charge in [0.05, 0.1) is 22.9 Å². The van der Waals surface area contributed by atoms with Crippen LogP contribution < -0.4 is 0 Å². The van der Waals surface area contributed by atoms with Gasteiger partial charge < -0.3 is 5.11 Å². The van der Waals surface area contributed by atoms with Crippen LogP contribution in [0.25, 0.3) is 27.5 Å². The Labute approximate surface area is 165 Å². The lowest BCUT2D eigenvalue weighted by atomic mass is 10.1. The summed E-state index contributed by atoms with van der Waals surface area (Å²) in [6.07, 6.45) is 0. The van der Waals surface area contributed by atoms with Gasteiger partial charge in [0.25, 0.3) is 10.1 Å². The summed E-state index contributed by atoms with van der Waals surface area (Å²) < 4.78 is 57.2. The van der Waals surface area contributed by atoms with Gasteiger partial charge in [-0.1, -0.05) is 24.3 Å². The predicted molar refractivity (Wildman–Crippen MR) is 105 cm³/mol. The molecule has 0 unspecified atom stereocenters. The smallest absolute Gasteiger partial charge is 0.295 e. The second kappa shape index (κ2) is 6.88. The summed E-state index contributed by atoms with van der Waals surface area (Å²) in [5.74, 6) is -0.374. The Morgan fingerprint density at radius 2 is 1.55 bits per heavy atom. The standard InChI is InChI=1S/C18H15N3O6S2/c22-9-10-28(23,24)13-7-5-12(6-8-13)21-19-16-11-17(29(25,26)27)14-3-1-2-4-15(14)18(16)20-21/h1-8,11,22H,9-10H2,(H,25,26,27). The molecule has 4 rings (SSSR count). The molecule has 0 atom stereocenters. The van der Waals surface area contributed by atoms with Gasteiger partial charge >= 0.3 is 0 Å². The van der Waals surface area contributed by atoms with Crippen LogP contribution in [0.5, 0.6) is 0 Å². The molecule has 4 aromatic rings. The van der Waals surface area contributed by atoms with Crippen LogP contribution in [0.3, 0.4) is 0 Å². The van der Waals surface area contributed by atoms with Crippen molar-refractivity contribution in [3.05, 3.63) is 54.6 Å². The second-order valence-electron chi connectivity index (χ2n) is 6.29. The molecule has 1 aromatic heterocycles. The molecule has 0 fully saturated rings. The van der Waals surface area contributed by atoms with Crippen molar-refractivity contribution in [3.8, 4) is 5.69 Å². The van der Waals surface area contributed by atoms with Crippen molar-refractivity contribution in [1.82, 2.24) is 15.0 Å². The summed E-state index contributed by atoms with van der Waals surface area (Å²) in [5.41, 5.74) is 1.15. The molecule has 2 N–H and O–H groups in total. The summed E-state index contributed by atoms with van der Waals surface area (Å²) >= 11 is 0. The van der Waals surface area contributed by atoms with E-state index >= 15 is 0 Å². The van der Waals surface area contributed by atoms with Gasteiger partial charge in [0.2, 0.25) is 0 Å². The van der Waals surface area contributed by atoms with E-state index in [-0.39, 0.29) is 21.1 Å². The average molecular weight is 433 g/mol. The molecule has 150 valence electrons. The van der Waals surface area contributed by atoms with Crippen LogP contribution in [-0.4, -0.2) is 53.8 Å². The Bertz CT molecular complexity index is 1440. The highest BCUT2D eigenvalue weighted by atomic mass is 32.2. The monoisotopic (exact) mass is 433 g/mol. The Morgan fingerprint density at radius 3 is 2.17 bits per heavy atom. The molecule has 0 bridgehead atoms. The maximum Gasteiger partial charge on any atom is 0.295 e. The normalized spacial score (nSPS) is 12.6. The first-order chi connectivity index (χ1) is 13.7. The third-order valence-electron chi connectivity index (χ3n) is 4.42. The lowest BCUT2D eigenvalue weighted by Gasteiger charge is -2.04. The molecule has 0 radical (unpaired) electrons. The fraction of sp³-hybridized carbons (Fsp3) is 0.111. The first kappa shape index (κ1) is 19.5. The number of hydrogen-bond donors (Lipinski definition) is 2. The maximum atomic E-state index is 12.0. The van der Waals surface area contributed by atoms with E-state index in [2.05, 4.69) is 10.2 Å². The zero-order valence-corrected chi connectivity index (χ0v) is 16.4. The fourth-order valence-corrected chi connectivity index (χ4v) is 4.81. The molecule has 1 heterocycles. The number of nitrogens with zero attached hydrogens (tertiary/aromatic N) is 3. The van der Waals surface area contributed by atoms with E-state index in [1.807, 2.05) is 0 Å². The number of benzene rings is 3. The highest BCUT2D eigenvalue weighted by Gasteiger charge is 2.19. The van der Waals surface area contributed by atoms with Gasteiger partial charge in [0.1, 0.15) is 15.9 Å². The molecule has 29 heavy (non-hydrogen) atoms. The van der Waals surface area contributed by atoms with Crippen molar-refractivity contribution < 1.29 is 26.5 Å². The average Bonchev–Trinajstić information content (AvgIpc) is 3.11. The number of sulfone groups is 1. The molecule has 0 saturated heterocycles. The summed E-state index contributed by atoms with van der Waals surface area (Å²) in [7, 11) is -8.05. The molecular weight excluding hydrogens is 418 g/mol. The summed E-state index contributed by atoms with van der Waals surface area (Å²) in [6.45, 7) is -0.473. The minimum atomic E-state index is -4.47. The van der Waals surface area contributed by atoms with Crippen LogP contribution in [0.15, 0.2) is 64.4 Å². The van der Waals surface area contributed by atoms with Crippen LogP contribution in [0.1, 0.15) is 0 Å². The van der Waals surface area contributed by atoms with E-state index < -0.39 is 26.6 Å². The van der Waals surface area contributed by atoms with Crippen LogP contribution in [0.2, 0.25) is 0 Å². The molecule has 0 amide bonds. The topological polar surface area (TPSA) is 139 Å². The van der Waals surface area contributed by atoms with E-state index in [1.54, 1.807) is 24.3 Å². The first-order valence-electron chi connectivity index (χ1n) is 8.41. The molecule has 3 aromatic carbocycles. The number of aliphatic hydroxyl groups is 1. The second-order valence-corrected chi connectivity index (χ2v) is 9.79. The number of fused-ring (bicyclic) bond motifs is 3. The molecule has 9 nitrogen and oxygen atoms in total. The van der Waals surface area contributed by atoms with E-state index in [0.717, 1.165) is 0 Å². The van der Waals surface area contributed by atoms with Crippen molar-refractivity contribution in [1.29, 1.82) is 0 Å². The molecule has 0 saturated carbocycles. The van der Waals surface area contributed by atoms with E-state index in [4.69, 9.17) is 5.11 Å². The number of aliphatic hydroxyl groups excluding tert-OH is 1. The van der Waals surface area contributed by atoms with Crippen molar-refractivity contribution in [2.24, 2.45) is 0 Å². The SMILES string of the molecule is O=S(=O)(O)c1cc2nn(-c3ccc(S(=O)(=O)CCO)cc3)nc2c2ccccc12. The quantitative estimate of drug-likeness (QED) is 0.452. The molecule has 0 aliphatic heterocycles. The van der Waals surface area contributed by atoms with Gasteiger partial charge in [-0.05, 0) is 30.3 Å². The molecule has 0 aliphatic carbocycles. The van der Waals surface area contributed by atoms with Gasteiger partial charge in [0.15, 0.2) is 9.84 Å². The highest BCUT2D eigenvalue weighted by Crippen LogP contribution is 2.30. The predicted octanol–water partition coefficient (Wildman–Crippen LogP) is 1.59. The van der Waals surface area contributed by atoms with Crippen molar-refractivity contribution >= 4 is 41.8 Å². The van der Waals surface area contributed by atoms with Crippen molar-refractivity contribution in [3.63, 3.8) is 0 Å². The maximum absolute atomic E-state index is 12.0. The van der Waals surface area contributed by atoms with Gasteiger partial charge in [-0.25, -0.2) is 8.42 Å². The Hall–Kier alpha value is -2.86. The minimum absolute atomic E-state index is 0.0612. The zero-order valence-electron chi connectivity index (χ0n) is 14.8. The van der Waals surface area contributed by atoms with Crippen molar-refractivity contribution in [2.75, 3.05) is 12.4 Å². The Kier molecular flexibility index (Phi) is 4.62. The third kappa shape index (κ3) is 3.49. The van der Waals surface area contributed by atoms with Gasteiger partial charge in [-0.3, -0.25) is 4.55 Å². The summed E-state index contributed by atoms with van der Waals surface area (Å²) in [6, 6.07) is 13.6. The largest absolute Gasteiger partial charge is 0.395 e. The molecule has 0 spiro atoms. The molecule has 11 heteroatoms.